The van der Waals surface area contributed by atoms with E-state index in [4.69, 9.17) is 0 Å². The predicted molar refractivity (Wildman–Crippen MR) is 110 cm³/mol. The number of non-ortho nitro benzene ring substituents is 1. The number of thioether (sulfide) groups is 1. The van der Waals surface area contributed by atoms with Crippen LogP contribution in [0.3, 0.4) is 0 Å². The normalized spacial score (nSPS) is 11.8. The third kappa shape index (κ3) is 4.90. The van der Waals surface area contributed by atoms with E-state index in [2.05, 4.69) is 20.3 Å². The molecule has 2 heterocycles. The van der Waals surface area contributed by atoms with Gasteiger partial charge < -0.3 is 5.32 Å². The van der Waals surface area contributed by atoms with Crippen molar-refractivity contribution in [3.8, 4) is 11.3 Å². The van der Waals surface area contributed by atoms with Gasteiger partial charge in [-0.25, -0.2) is 15.0 Å². The Bertz CT molecular complexity index is 1020. The standard InChI is InChI=1S/C18H17N5O3S2/c1-10-7-11(2)20-18(19-10)28-12(3)16(24)22-17-21-15(9-27-17)13-5-4-6-14(8-13)23(25)26/h4-9,12H,1-3H3,(H,21,22,24). The fourth-order valence-corrected chi connectivity index (χ4v) is 4.01. The van der Waals surface area contributed by atoms with Crippen molar-refractivity contribution in [3.05, 3.63) is 57.2 Å². The molecule has 0 spiro atoms. The smallest absolute Gasteiger partial charge is 0.270 e. The first kappa shape index (κ1) is 19.9. The second-order valence-corrected chi connectivity index (χ2v) is 8.19. The van der Waals surface area contributed by atoms with Gasteiger partial charge in [-0.05, 0) is 26.8 Å². The van der Waals surface area contributed by atoms with Crippen molar-refractivity contribution in [1.29, 1.82) is 0 Å². The molecule has 1 aromatic carbocycles. The summed E-state index contributed by atoms with van der Waals surface area (Å²) in [5.41, 5.74) is 2.89. The average Bonchev–Trinajstić information content (AvgIpc) is 3.09. The predicted octanol–water partition coefficient (Wildman–Crippen LogP) is 4.24. The second-order valence-electron chi connectivity index (χ2n) is 6.03. The van der Waals surface area contributed by atoms with Gasteiger partial charge in [0.2, 0.25) is 5.91 Å². The summed E-state index contributed by atoms with van der Waals surface area (Å²) in [7, 11) is 0. The second kappa shape index (κ2) is 8.44. The van der Waals surface area contributed by atoms with Crippen LogP contribution in [-0.4, -0.2) is 31.0 Å². The lowest BCUT2D eigenvalue weighted by atomic mass is 10.1. The maximum absolute atomic E-state index is 12.5. The minimum atomic E-state index is -0.452. The van der Waals surface area contributed by atoms with E-state index < -0.39 is 10.2 Å². The van der Waals surface area contributed by atoms with Crippen molar-refractivity contribution in [3.63, 3.8) is 0 Å². The van der Waals surface area contributed by atoms with Crippen molar-refractivity contribution in [2.75, 3.05) is 5.32 Å². The van der Waals surface area contributed by atoms with E-state index in [1.807, 2.05) is 19.9 Å². The molecule has 28 heavy (non-hydrogen) atoms. The van der Waals surface area contributed by atoms with Gasteiger partial charge >= 0.3 is 0 Å². The van der Waals surface area contributed by atoms with Crippen molar-refractivity contribution >= 4 is 39.8 Å². The Hall–Kier alpha value is -2.85. The third-order valence-electron chi connectivity index (χ3n) is 3.70. The van der Waals surface area contributed by atoms with Gasteiger partial charge in [0.1, 0.15) is 0 Å². The van der Waals surface area contributed by atoms with E-state index in [0.717, 1.165) is 11.4 Å². The van der Waals surface area contributed by atoms with Gasteiger partial charge in [-0.1, -0.05) is 23.9 Å². The van der Waals surface area contributed by atoms with Crippen LogP contribution in [0.1, 0.15) is 18.3 Å². The number of rotatable bonds is 6. The number of nitro benzene ring substituents is 1. The van der Waals surface area contributed by atoms with Crippen molar-refractivity contribution in [2.45, 2.75) is 31.2 Å². The van der Waals surface area contributed by atoms with Crippen LogP contribution in [0.4, 0.5) is 10.8 Å². The molecule has 0 saturated heterocycles. The highest BCUT2D eigenvalue weighted by Gasteiger charge is 2.18. The summed E-state index contributed by atoms with van der Waals surface area (Å²) in [4.78, 5) is 36.0. The van der Waals surface area contributed by atoms with Crippen LogP contribution in [0.15, 0.2) is 40.9 Å². The maximum Gasteiger partial charge on any atom is 0.270 e. The van der Waals surface area contributed by atoms with Crippen molar-refractivity contribution in [1.82, 2.24) is 15.0 Å². The summed E-state index contributed by atoms with van der Waals surface area (Å²) in [5.74, 6) is -0.215. The van der Waals surface area contributed by atoms with Gasteiger partial charge in [-0.15, -0.1) is 11.3 Å². The van der Waals surface area contributed by atoms with Crippen LogP contribution < -0.4 is 5.32 Å². The molecule has 10 heteroatoms. The number of nitrogens with zero attached hydrogens (tertiary/aromatic N) is 4. The molecule has 1 N–H and O–H groups in total. The number of nitro groups is 1. The minimum Gasteiger partial charge on any atom is -0.301 e. The first-order valence-corrected chi connectivity index (χ1v) is 10.1. The SMILES string of the molecule is Cc1cc(C)nc(SC(C)C(=O)Nc2nc(-c3cccc([N+](=O)[O-])c3)cs2)n1. The van der Waals surface area contributed by atoms with E-state index in [-0.39, 0.29) is 11.6 Å². The van der Waals surface area contributed by atoms with Gasteiger partial charge in [-0.2, -0.15) is 0 Å². The molecule has 8 nitrogen and oxygen atoms in total. The molecule has 0 radical (unpaired) electrons. The fraction of sp³-hybridized carbons (Fsp3) is 0.222. The maximum atomic E-state index is 12.5. The lowest BCUT2D eigenvalue weighted by Gasteiger charge is -2.10. The number of aromatic nitrogens is 3. The lowest BCUT2D eigenvalue weighted by Crippen LogP contribution is -2.22. The lowest BCUT2D eigenvalue weighted by molar-refractivity contribution is -0.384. The van der Waals surface area contributed by atoms with Gasteiger partial charge in [0.15, 0.2) is 10.3 Å². The summed E-state index contributed by atoms with van der Waals surface area (Å²) in [6.07, 6.45) is 0. The highest BCUT2D eigenvalue weighted by atomic mass is 32.2. The number of nitrogens with one attached hydrogen (secondary N) is 1. The van der Waals surface area contributed by atoms with Gasteiger partial charge in [0, 0.05) is 34.5 Å². The zero-order valence-electron chi connectivity index (χ0n) is 15.4. The number of aryl methyl sites for hydroxylation is 2. The van der Waals surface area contributed by atoms with Crippen LogP contribution in [-0.2, 0) is 4.79 Å². The number of amides is 1. The Morgan fingerprint density at radius 3 is 2.61 bits per heavy atom. The average molecular weight is 416 g/mol. The van der Waals surface area contributed by atoms with Crippen LogP contribution in [0.2, 0.25) is 0 Å². The van der Waals surface area contributed by atoms with Gasteiger partial charge in [0.25, 0.3) is 5.69 Å². The Balaban J connectivity index is 1.68. The molecule has 0 aliphatic carbocycles. The molecule has 3 rings (SSSR count). The molecule has 144 valence electrons. The van der Waals surface area contributed by atoms with E-state index in [1.54, 1.807) is 24.4 Å². The summed E-state index contributed by atoms with van der Waals surface area (Å²) in [6, 6.07) is 8.10. The molecule has 0 bridgehead atoms. The Kier molecular flexibility index (Phi) is 6.00. The monoisotopic (exact) mass is 415 g/mol. The molecule has 1 atom stereocenters. The molecule has 1 unspecified atom stereocenters. The van der Waals surface area contributed by atoms with E-state index in [0.29, 0.717) is 21.5 Å². The van der Waals surface area contributed by atoms with Crippen LogP contribution in [0.25, 0.3) is 11.3 Å². The summed E-state index contributed by atoms with van der Waals surface area (Å²) in [6.45, 7) is 5.54. The van der Waals surface area contributed by atoms with E-state index in [1.165, 1.54) is 35.2 Å². The number of benzene rings is 1. The Morgan fingerprint density at radius 2 is 1.93 bits per heavy atom. The quantitative estimate of drug-likeness (QED) is 0.277. The zero-order chi connectivity index (χ0) is 20.3. The van der Waals surface area contributed by atoms with Crippen LogP contribution in [0.5, 0.6) is 0 Å². The van der Waals surface area contributed by atoms with Crippen LogP contribution in [0, 0.1) is 24.0 Å². The summed E-state index contributed by atoms with van der Waals surface area (Å²) < 4.78 is 0. The molecular weight excluding hydrogens is 398 g/mol. The number of hydrogen-bond acceptors (Lipinski definition) is 8. The summed E-state index contributed by atoms with van der Waals surface area (Å²) in [5, 5.41) is 16.0. The molecule has 0 aliphatic rings. The molecule has 3 aromatic rings. The molecular formula is C18H17N5O3S2. The van der Waals surface area contributed by atoms with Gasteiger partial charge in [0.05, 0.1) is 15.9 Å². The highest BCUT2D eigenvalue weighted by molar-refractivity contribution is 8.00. The molecule has 0 aliphatic heterocycles. The zero-order valence-corrected chi connectivity index (χ0v) is 17.0. The fourth-order valence-electron chi connectivity index (χ4n) is 2.41. The van der Waals surface area contributed by atoms with Crippen molar-refractivity contribution in [2.24, 2.45) is 0 Å². The number of carbonyl (C=O) groups is 1. The topological polar surface area (TPSA) is 111 Å². The first-order chi connectivity index (χ1) is 13.3. The molecule has 2 aromatic heterocycles. The summed E-state index contributed by atoms with van der Waals surface area (Å²) >= 11 is 2.54. The van der Waals surface area contributed by atoms with Gasteiger partial charge in [-0.3, -0.25) is 14.9 Å². The molecule has 0 fully saturated rings. The number of anilines is 1. The molecule has 1 amide bonds. The molecule has 0 saturated carbocycles. The largest absolute Gasteiger partial charge is 0.301 e. The van der Waals surface area contributed by atoms with Crippen molar-refractivity contribution < 1.29 is 9.72 Å². The van der Waals surface area contributed by atoms with E-state index >= 15 is 0 Å². The van der Waals surface area contributed by atoms with Crippen LogP contribution >= 0.6 is 23.1 Å². The number of thiazole rings is 1. The Labute approximate surface area is 169 Å². The number of hydrogen-bond donors (Lipinski definition) is 1. The van der Waals surface area contributed by atoms with E-state index in [9.17, 15) is 14.9 Å². The highest BCUT2D eigenvalue weighted by Crippen LogP contribution is 2.28. The number of carbonyl (C=O) groups excluding carboxylic acids is 1. The minimum absolute atomic E-state index is 0.00504. The first-order valence-electron chi connectivity index (χ1n) is 8.32. The third-order valence-corrected chi connectivity index (χ3v) is 5.42. The Morgan fingerprint density at radius 1 is 1.21 bits per heavy atom.